The summed E-state index contributed by atoms with van der Waals surface area (Å²) in [6, 6.07) is 9.39. The lowest BCUT2D eigenvalue weighted by atomic mass is 9.83. The fraction of sp³-hybridized carbons (Fsp3) is 0.483. The molecule has 4 rings (SSSR count). The monoisotopic (exact) mass is 547 g/mol. The van der Waals surface area contributed by atoms with Crippen LogP contribution < -0.4 is 10.2 Å². The molecule has 1 unspecified atom stereocenters. The van der Waals surface area contributed by atoms with E-state index >= 15 is 0 Å². The third-order valence-corrected chi connectivity index (χ3v) is 6.67. The SMILES string of the molecule is CC(C)(C)OC(=O)N1CC(C)(CO)c2cc(-c3ccnc(Nc4cc(C(C)(C)C)nn4CCO)n3)cc(C#N)c21. The number of ether oxygens (including phenoxy) is 1. The number of nitrogens with zero attached hydrogens (tertiary/aromatic N) is 6. The maximum atomic E-state index is 13.1. The van der Waals surface area contributed by atoms with Crippen LogP contribution in [0.15, 0.2) is 30.5 Å². The average Bonchev–Trinajstić information content (AvgIpc) is 3.42. The standard InChI is InChI=1S/C29H37N7O4/c1-27(2,3)22-14-23(36(34-22)10-11-37)33-25-31-9-8-21(32-25)18-12-19(15-30)24-20(13-18)29(7,17-38)16-35(24)26(39)40-28(4,5)6/h8-9,12-14,37-38H,10-11,16-17H2,1-7H3,(H,31,32,33). The molecule has 3 aromatic rings. The number of fused-ring (bicyclic) bond motifs is 1. The number of carbonyl (C=O) groups is 1. The van der Waals surface area contributed by atoms with E-state index in [4.69, 9.17) is 4.74 Å². The molecule has 0 radical (unpaired) electrons. The van der Waals surface area contributed by atoms with Gasteiger partial charge in [0.25, 0.3) is 0 Å². The third kappa shape index (κ3) is 5.78. The third-order valence-electron chi connectivity index (χ3n) is 6.67. The molecule has 0 aliphatic carbocycles. The summed E-state index contributed by atoms with van der Waals surface area (Å²) in [7, 11) is 0. The number of aliphatic hydroxyl groups is 2. The van der Waals surface area contributed by atoms with E-state index in [1.54, 1.807) is 43.8 Å². The van der Waals surface area contributed by atoms with Gasteiger partial charge in [0.05, 0.1) is 42.4 Å². The van der Waals surface area contributed by atoms with Gasteiger partial charge in [-0.3, -0.25) is 4.90 Å². The van der Waals surface area contributed by atoms with Gasteiger partial charge in [-0.1, -0.05) is 27.7 Å². The van der Waals surface area contributed by atoms with E-state index in [2.05, 4.69) is 47.2 Å². The van der Waals surface area contributed by atoms with Crippen molar-refractivity contribution in [3.63, 3.8) is 0 Å². The summed E-state index contributed by atoms with van der Waals surface area (Å²) >= 11 is 0. The smallest absolute Gasteiger partial charge is 0.414 e. The van der Waals surface area contributed by atoms with Crippen molar-refractivity contribution in [2.75, 3.05) is 30.0 Å². The molecule has 11 nitrogen and oxygen atoms in total. The molecule has 1 aromatic carbocycles. The van der Waals surface area contributed by atoms with Crippen molar-refractivity contribution in [1.82, 2.24) is 19.7 Å². The van der Waals surface area contributed by atoms with E-state index < -0.39 is 17.1 Å². The van der Waals surface area contributed by atoms with Crippen molar-refractivity contribution in [3.8, 4) is 17.3 Å². The number of anilines is 3. The number of nitriles is 1. The van der Waals surface area contributed by atoms with Crippen LogP contribution in [0.25, 0.3) is 11.3 Å². The van der Waals surface area contributed by atoms with Crippen LogP contribution in [0.2, 0.25) is 0 Å². The summed E-state index contributed by atoms with van der Waals surface area (Å²) < 4.78 is 7.28. The summed E-state index contributed by atoms with van der Waals surface area (Å²) in [5.41, 5.74) is 1.72. The molecule has 1 aliphatic rings. The van der Waals surface area contributed by atoms with Crippen LogP contribution in [0.4, 0.5) is 22.2 Å². The van der Waals surface area contributed by atoms with Gasteiger partial charge in [0.1, 0.15) is 17.5 Å². The number of hydrogen-bond donors (Lipinski definition) is 3. The maximum absolute atomic E-state index is 13.1. The lowest BCUT2D eigenvalue weighted by molar-refractivity contribution is 0.0575. The molecule has 1 atom stereocenters. The van der Waals surface area contributed by atoms with E-state index in [-0.39, 0.29) is 30.7 Å². The van der Waals surface area contributed by atoms with Gasteiger partial charge in [-0.15, -0.1) is 0 Å². The van der Waals surface area contributed by atoms with Gasteiger partial charge in [0.2, 0.25) is 5.95 Å². The lowest BCUT2D eigenvalue weighted by Gasteiger charge is -2.26. The second kappa shape index (κ2) is 10.5. The first kappa shape index (κ1) is 29.0. The number of carbonyl (C=O) groups excluding carboxylic acids is 1. The fourth-order valence-corrected chi connectivity index (χ4v) is 4.58. The Balaban J connectivity index is 1.74. The number of rotatable bonds is 6. The minimum atomic E-state index is -0.803. The largest absolute Gasteiger partial charge is 0.443 e. The van der Waals surface area contributed by atoms with Gasteiger partial charge in [-0.25, -0.2) is 19.4 Å². The van der Waals surface area contributed by atoms with Gasteiger partial charge in [-0.05, 0) is 44.5 Å². The molecule has 1 amide bonds. The number of aliphatic hydroxyl groups excluding tert-OH is 2. The Kier molecular flexibility index (Phi) is 7.62. The summed E-state index contributed by atoms with van der Waals surface area (Å²) in [6.45, 7) is 13.6. The van der Waals surface area contributed by atoms with Crippen LogP contribution in [-0.2, 0) is 22.1 Å². The van der Waals surface area contributed by atoms with Crippen LogP contribution in [0, 0.1) is 11.3 Å². The van der Waals surface area contributed by atoms with Gasteiger partial charge in [0.15, 0.2) is 0 Å². The zero-order valence-corrected chi connectivity index (χ0v) is 24.1. The minimum absolute atomic E-state index is 0.0726. The molecule has 40 heavy (non-hydrogen) atoms. The highest BCUT2D eigenvalue weighted by Crippen LogP contribution is 2.45. The van der Waals surface area contributed by atoms with Gasteiger partial charge < -0.3 is 20.3 Å². The Morgan fingerprint density at radius 3 is 2.52 bits per heavy atom. The van der Waals surface area contributed by atoms with Crippen molar-refractivity contribution in [1.29, 1.82) is 5.26 Å². The molecule has 2 aromatic heterocycles. The van der Waals surface area contributed by atoms with Crippen molar-refractivity contribution in [2.45, 2.75) is 71.4 Å². The van der Waals surface area contributed by atoms with Gasteiger partial charge >= 0.3 is 6.09 Å². The first-order chi connectivity index (χ1) is 18.7. The fourth-order valence-electron chi connectivity index (χ4n) is 4.58. The van der Waals surface area contributed by atoms with Crippen molar-refractivity contribution < 1.29 is 19.7 Å². The average molecular weight is 548 g/mol. The van der Waals surface area contributed by atoms with Crippen molar-refractivity contribution in [3.05, 3.63) is 47.3 Å². The molecule has 0 bridgehead atoms. The summed E-state index contributed by atoms with van der Waals surface area (Å²) in [4.78, 5) is 23.5. The molecule has 0 spiro atoms. The lowest BCUT2D eigenvalue weighted by Crippen LogP contribution is -2.40. The molecule has 212 valence electrons. The molecule has 3 heterocycles. The summed E-state index contributed by atoms with van der Waals surface area (Å²) in [5, 5.41) is 37.8. The molecule has 0 saturated carbocycles. The van der Waals surface area contributed by atoms with E-state index in [0.717, 1.165) is 5.69 Å². The first-order valence-electron chi connectivity index (χ1n) is 13.2. The number of nitrogens with one attached hydrogen (secondary N) is 1. The Hall–Kier alpha value is -4.01. The Morgan fingerprint density at radius 1 is 1.20 bits per heavy atom. The van der Waals surface area contributed by atoms with Crippen LogP contribution >= 0.6 is 0 Å². The maximum Gasteiger partial charge on any atom is 0.414 e. The molecular weight excluding hydrogens is 510 g/mol. The summed E-state index contributed by atoms with van der Waals surface area (Å²) in [5.74, 6) is 0.958. The number of hydrogen-bond acceptors (Lipinski definition) is 9. The molecule has 0 saturated heterocycles. The van der Waals surface area contributed by atoms with Crippen LogP contribution in [-0.4, -0.2) is 61.4 Å². The second-order valence-corrected chi connectivity index (χ2v) is 12.3. The van der Waals surface area contributed by atoms with Crippen molar-refractivity contribution in [2.24, 2.45) is 0 Å². The second-order valence-electron chi connectivity index (χ2n) is 12.3. The van der Waals surface area contributed by atoms with Crippen LogP contribution in [0.3, 0.4) is 0 Å². The van der Waals surface area contributed by atoms with E-state index in [1.807, 2.05) is 19.1 Å². The number of benzene rings is 1. The summed E-state index contributed by atoms with van der Waals surface area (Å²) in [6.07, 6.45) is 1.04. The minimum Gasteiger partial charge on any atom is -0.443 e. The molecule has 0 fully saturated rings. The Morgan fingerprint density at radius 2 is 1.93 bits per heavy atom. The van der Waals surface area contributed by atoms with Crippen LogP contribution in [0.1, 0.15) is 65.3 Å². The molecular formula is C29H37N7O4. The normalized spacial score (nSPS) is 16.9. The Labute approximate surface area is 234 Å². The molecule has 11 heteroatoms. The molecule has 1 aliphatic heterocycles. The highest BCUT2D eigenvalue weighted by atomic mass is 16.6. The molecule has 3 N–H and O–H groups in total. The topological polar surface area (TPSA) is 149 Å². The van der Waals surface area contributed by atoms with E-state index in [9.17, 15) is 20.3 Å². The van der Waals surface area contributed by atoms with E-state index in [1.165, 1.54) is 4.90 Å². The highest BCUT2D eigenvalue weighted by molar-refractivity contribution is 5.95. The van der Waals surface area contributed by atoms with Gasteiger partial charge in [-0.2, -0.15) is 10.4 Å². The highest BCUT2D eigenvalue weighted by Gasteiger charge is 2.44. The van der Waals surface area contributed by atoms with Gasteiger partial charge in [0, 0.05) is 35.2 Å². The zero-order valence-electron chi connectivity index (χ0n) is 24.1. The van der Waals surface area contributed by atoms with Crippen molar-refractivity contribution >= 4 is 23.5 Å². The quantitative estimate of drug-likeness (QED) is 0.412. The number of aromatic nitrogens is 4. The van der Waals surface area contributed by atoms with E-state index in [0.29, 0.717) is 40.8 Å². The first-order valence-corrected chi connectivity index (χ1v) is 13.2. The number of amides is 1. The van der Waals surface area contributed by atoms with Crippen LogP contribution in [0.5, 0.6) is 0 Å². The Bertz CT molecular complexity index is 1460. The predicted molar refractivity (Wildman–Crippen MR) is 151 cm³/mol. The zero-order chi connectivity index (χ0) is 29.5. The predicted octanol–water partition coefficient (Wildman–Crippen LogP) is 4.25.